The second-order valence-electron chi connectivity index (χ2n) is 7.74. The lowest BCUT2D eigenvalue weighted by atomic mass is 9.97. The molecule has 0 N–H and O–H groups in total. The summed E-state index contributed by atoms with van der Waals surface area (Å²) in [4.78, 5) is 24.3. The van der Waals surface area contributed by atoms with E-state index in [9.17, 15) is 4.79 Å². The number of carbonyl (C=O) groups is 1. The van der Waals surface area contributed by atoms with Crippen molar-refractivity contribution in [1.82, 2.24) is 24.0 Å². The first-order valence-corrected chi connectivity index (χ1v) is 10.1. The van der Waals surface area contributed by atoms with E-state index in [0.717, 1.165) is 35.6 Å². The Hall–Kier alpha value is -2.47. The maximum atomic E-state index is 13.2. The van der Waals surface area contributed by atoms with Crippen LogP contribution in [0.2, 0.25) is 0 Å². The Balaban J connectivity index is 1.94. The van der Waals surface area contributed by atoms with E-state index in [1.807, 2.05) is 31.6 Å². The Labute approximate surface area is 167 Å². The third-order valence-corrected chi connectivity index (χ3v) is 5.60. The summed E-state index contributed by atoms with van der Waals surface area (Å²) in [5, 5.41) is 0. The predicted molar refractivity (Wildman–Crippen MR) is 113 cm³/mol. The SMILES string of the molecule is CCC(C)n1ccnc1/C=C1\CN(C)C/C(=C\c2nccn2C(C)CC)C1=O. The Morgan fingerprint density at radius 3 is 1.75 bits per heavy atom. The molecule has 150 valence electrons. The lowest BCUT2D eigenvalue weighted by Crippen LogP contribution is -2.35. The quantitative estimate of drug-likeness (QED) is 0.710. The number of aromatic nitrogens is 4. The van der Waals surface area contributed by atoms with Crippen LogP contribution in [0.1, 0.15) is 64.3 Å². The summed E-state index contributed by atoms with van der Waals surface area (Å²) in [6, 6.07) is 0.701. The van der Waals surface area contributed by atoms with Gasteiger partial charge in [0.25, 0.3) is 0 Å². The summed E-state index contributed by atoms with van der Waals surface area (Å²) in [7, 11) is 2.04. The van der Waals surface area contributed by atoms with Crippen molar-refractivity contribution >= 4 is 17.9 Å². The minimum Gasteiger partial charge on any atom is -0.329 e. The first kappa shape index (κ1) is 20.3. The molecule has 6 nitrogen and oxygen atoms in total. The molecule has 0 saturated carbocycles. The standard InChI is InChI=1S/C22H31N5O/c1-6-16(3)26-10-8-23-20(26)12-18-14-25(5)15-19(22(18)28)13-21-24-9-11-27(21)17(4)7-2/h8-13,16-17H,6-7,14-15H2,1-5H3/b18-12+,19-13+. The molecule has 2 unspecified atom stereocenters. The minimum atomic E-state index is 0.0931. The Bertz CT molecular complexity index is 818. The number of nitrogens with zero attached hydrogens (tertiary/aromatic N) is 5. The number of carbonyl (C=O) groups excluding carboxylic acids is 1. The van der Waals surface area contributed by atoms with Crippen molar-refractivity contribution in [2.24, 2.45) is 0 Å². The summed E-state index contributed by atoms with van der Waals surface area (Å²) in [6.07, 6.45) is 13.5. The van der Waals surface area contributed by atoms with E-state index in [-0.39, 0.29) is 5.78 Å². The van der Waals surface area contributed by atoms with Gasteiger partial charge in [0.15, 0.2) is 5.78 Å². The molecule has 1 fully saturated rings. The summed E-state index contributed by atoms with van der Waals surface area (Å²) in [5.74, 6) is 1.78. The molecule has 3 heterocycles. The fraction of sp³-hybridized carbons (Fsp3) is 0.500. The molecule has 0 aromatic carbocycles. The van der Waals surface area contributed by atoms with Crippen LogP contribution < -0.4 is 0 Å². The van der Waals surface area contributed by atoms with Gasteiger partial charge in [-0.1, -0.05) is 13.8 Å². The average Bonchev–Trinajstić information content (AvgIpc) is 3.33. The van der Waals surface area contributed by atoms with Gasteiger partial charge in [0, 0.05) is 61.1 Å². The van der Waals surface area contributed by atoms with Crippen LogP contribution in [-0.2, 0) is 4.79 Å². The highest BCUT2D eigenvalue weighted by Gasteiger charge is 2.25. The number of likely N-dealkylation sites (tertiary alicyclic amines) is 1. The number of hydrogen-bond acceptors (Lipinski definition) is 4. The van der Waals surface area contributed by atoms with E-state index in [2.05, 4.69) is 51.7 Å². The van der Waals surface area contributed by atoms with Crippen LogP contribution in [0.5, 0.6) is 0 Å². The van der Waals surface area contributed by atoms with E-state index in [1.54, 1.807) is 12.4 Å². The highest BCUT2D eigenvalue weighted by Crippen LogP contribution is 2.23. The lowest BCUT2D eigenvalue weighted by Gasteiger charge is -2.26. The van der Waals surface area contributed by atoms with Gasteiger partial charge in [0.05, 0.1) is 0 Å². The van der Waals surface area contributed by atoms with Gasteiger partial charge in [-0.05, 0) is 45.9 Å². The third kappa shape index (κ3) is 4.17. The van der Waals surface area contributed by atoms with Gasteiger partial charge < -0.3 is 9.13 Å². The fourth-order valence-corrected chi connectivity index (χ4v) is 3.53. The van der Waals surface area contributed by atoms with Crippen molar-refractivity contribution < 1.29 is 4.79 Å². The highest BCUT2D eigenvalue weighted by atomic mass is 16.1. The number of Topliss-reactive ketones (excluding diaryl/α,β-unsaturated/α-hetero) is 1. The van der Waals surface area contributed by atoms with Crippen molar-refractivity contribution in [3.8, 4) is 0 Å². The zero-order valence-corrected chi connectivity index (χ0v) is 17.6. The van der Waals surface area contributed by atoms with Gasteiger partial charge >= 0.3 is 0 Å². The molecule has 2 aromatic rings. The predicted octanol–water partition coefficient (Wildman–Crippen LogP) is 4.00. The van der Waals surface area contributed by atoms with Crippen molar-refractivity contribution in [2.45, 2.75) is 52.6 Å². The molecule has 0 aliphatic carbocycles. The number of imidazole rings is 2. The first-order valence-electron chi connectivity index (χ1n) is 10.1. The van der Waals surface area contributed by atoms with Crippen LogP contribution in [0.15, 0.2) is 35.9 Å². The van der Waals surface area contributed by atoms with Crippen LogP contribution in [0.4, 0.5) is 0 Å². The minimum absolute atomic E-state index is 0.0931. The van der Waals surface area contributed by atoms with Crippen molar-refractivity contribution in [1.29, 1.82) is 0 Å². The molecule has 3 rings (SSSR count). The second kappa shape index (κ2) is 8.69. The molecular weight excluding hydrogens is 350 g/mol. The molecule has 0 radical (unpaired) electrons. The topological polar surface area (TPSA) is 56.0 Å². The molecule has 2 atom stereocenters. The molecule has 0 amide bonds. The zero-order valence-electron chi connectivity index (χ0n) is 17.6. The summed E-state index contributed by atoms with van der Waals surface area (Å²) < 4.78 is 4.27. The van der Waals surface area contributed by atoms with Gasteiger partial charge in [0.1, 0.15) is 11.6 Å². The van der Waals surface area contributed by atoms with Gasteiger partial charge in [-0.25, -0.2) is 9.97 Å². The Morgan fingerprint density at radius 2 is 1.36 bits per heavy atom. The summed E-state index contributed by atoms with van der Waals surface area (Å²) in [5.41, 5.74) is 1.55. The van der Waals surface area contributed by atoms with Crippen molar-refractivity contribution in [3.63, 3.8) is 0 Å². The molecule has 1 saturated heterocycles. The highest BCUT2D eigenvalue weighted by molar-refractivity contribution is 6.14. The Kier molecular flexibility index (Phi) is 6.29. The summed E-state index contributed by atoms with van der Waals surface area (Å²) in [6.45, 7) is 9.90. The number of ketones is 1. The molecule has 0 bridgehead atoms. The smallest absolute Gasteiger partial charge is 0.187 e. The van der Waals surface area contributed by atoms with E-state index in [4.69, 9.17) is 0 Å². The number of rotatable bonds is 6. The zero-order chi connectivity index (χ0) is 20.3. The average molecular weight is 382 g/mol. The first-order chi connectivity index (χ1) is 13.4. The van der Waals surface area contributed by atoms with E-state index in [1.165, 1.54) is 0 Å². The van der Waals surface area contributed by atoms with Gasteiger partial charge in [0.2, 0.25) is 0 Å². The summed E-state index contributed by atoms with van der Waals surface area (Å²) >= 11 is 0. The maximum Gasteiger partial charge on any atom is 0.187 e. The van der Waals surface area contributed by atoms with Crippen LogP contribution in [0.3, 0.4) is 0 Å². The number of likely N-dealkylation sites (N-methyl/N-ethyl adjacent to an activating group) is 1. The normalized spacial score (nSPS) is 20.8. The van der Waals surface area contributed by atoms with Crippen LogP contribution in [0.25, 0.3) is 12.2 Å². The van der Waals surface area contributed by atoms with Gasteiger partial charge in [-0.15, -0.1) is 0 Å². The van der Waals surface area contributed by atoms with Crippen molar-refractivity contribution in [2.75, 3.05) is 20.1 Å². The molecule has 2 aromatic heterocycles. The molecule has 6 heteroatoms. The Morgan fingerprint density at radius 1 is 0.929 bits per heavy atom. The molecule has 1 aliphatic rings. The largest absolute Gasteiger partial charge is 0.329 e. The van der Waals surface area contributed by atoms with Crippen LogP contribution in [-0.4, -0.2) is 49.9 Å². The van der Waals surface area contributed by atoms with Crippen LogP contribution >= 0.6 is 0 Å². The van der Waals surface area contributed by atoms with Gasteiger partial charge in [-0.2, -0.15) is 0 Å². The molecular formula is C22H31N5O. The lowest BCUT2D eigenvalue weighted by molar-refractivity contribution is -0.113. The maximum absolute atomic E-state index is 13.2. The van der Waals surface area contributed by atoms with Crippen LogP contribution in [0, 0.1) is 0 Å². The molecule has 28 heavy (non-hydrogen) atoms. The second-order valence-corrected chi connectivity index (χ2v) is 7.74. The fourth-order valence-electron chi connectivity index (χ4n) is 3.53. The number of hydrogen-bond donors (Lipinski definition) is 0. The van der Waals surface area contributed by atoms with Crippen molar-refractivity contribution in [3.05, 3.63) is 47.6 Å². The molecule has 1 aliphatic heterocycles. The third-order valence-electron chi connectivity index (χ3n) is 5.60. The number of piperidine rings is 1. The van der Waals surface area contributed by atoms with Gasteiger partial charge in [-0.3, -0.25) is 9.69 Å². The monoisotopic (exact) mass is 381 g/mol. The van der Waals surface area contributed by atoms with E-state index in [0.29, 0.717) is 25.2 Å². The van der Waals surface area contributed by atoms with E-state index < -0.39 is 0 Å². The molecule has 0 spiro atoms. The van der Waals surface area contributed by atoms with E-state index >= 15 is 0 Å².